The van der Waals surface area contributed by atoms with Gasteiger partial charge in [0.25, 0.3) is 0 Å². The van der Waals surface area contributed by atoms with Gasteiger partial charge in [-0.15, -0.1) is 0 Å². The van der Waals surface area contributed by atoms with Crippen LogP contribution >= 0.6 is 0 Å². The van der Waals surface area contributed by atoms with Crippen molar-refractivity contribution in [3.05, 3.63) is 0 Å². The largest absolute Gasteiger partial charge is 0.359 e. The van der Waals surface area contributed by atoms with Gasteiger partial charge in [0.1, 0.15) is 0 Å². The van der Waals surface area contributed by atoms with Gasteiger partial charge in [-0.1, -0.05) is 6.92 Å². The molecule has 0 aliphatic carbocycles. The number of carbonyl (C=O) groups is 1. The second kappa shape index (κ2) is 7.67. The van der Waals surface area contributed by atoms with E-state index in [1.54, 1.807) is 7.05 Å². The minimum atomic E-state index is 0.145. The molecule has 0 spiro atoms. The molecule has 1 aliphatic heterocycles. The van der Waals surface area contributed by atoms with Crippen molar-refractivity contribution >= 4 is 5.91 Å². The van der Waals surface area contributed by atoms with E-state index in [0.717, 1.165) is 32.1 Å². The van der Waals surface area contributed by atoms with Crippen molar-refractivity contribution in [3.63, 3.8) is 0 Å². The van der Waals surface area contributed by atoms with Crippen molar-refractivity contribution in [1.82, 2.24) is 15.5 Å². The first-order valence-electron chi connectivity index (χ1n) is 6.83. The van der Waals surface area contributed by atoms with Crippen LogP contribution in [-0.4, -0.2) is 50.1 Å². The second-order valence-corrected chi connectivity index (χ2v) is 4.97. The molecule has 1 heterocycles. The van der Waals surface area contributed by atoms with Gasteiger partial charge in [0.15, 0.2) is 0 Å². The average molecular weight is 241 g/mol. The summed E-state index contributed by atoms with van der Waals surface area (Å²) < 4.78 is 0. The topological polar surface area (TPSA) is 44.4 Å². The molecule has 100 valence electrons. The van der Waals surface area contributed by atoms with Crippen LogP contribution in [0, 0.1) is 5.92 Å². The number of nitrogens with zero attached hydrogens (tertiary/aromatic N) is 1. The summed E-state index contributed by atoms with van der Waals surface area (Å²) in [4.78, 5) is 13.7. The average Bonchev–Trinajstić information content (AvgIpc) is 2.36. The molecule has 17 heavy (non-hydrogen) atoms. The molecule has 0 aromatic carbocycles. The maximum Gasteiger partial charge on any atom is 0.221 e. The Morgan fingerprint density at radius 3 is 2.94 bits per heavy atom. The lowest BCUT2D eigenvalue weighted by Gasteiger charge is -2.36. The fourth-order valence-corrected chi connectivity index (χ4v) is 2.58. The molecule has 0 bridgehead atoms. The fourth-order valence-electron chi connectivity index (χ4n) is 2.58. The van der Waals surface area contributed by atoms with Crippen LogP contribution in [0.5, 0.6) is 0 Å². The van der Waals surface area contributed by atoms with Crippen LogP contribution in [0.3, 0.4) is 0 Å². The Morgan fingerprint density at radius 2 is 2.29 bits per heavy atom. The number of amides is 1. The number of hydrogen-bond acceptors (Lipinski definition) is 3. The van der Waals surface area contributed by atoms with Gasteiger partial charge in [-0.2, -0.15) is 0 Å². The third-order valence-corrected chi connectivity index (χ3v) is 3.71. The maximum atomic E-state index is 11.2. The van der Waals surface area contributed by atoms with Crippen molar-refractivity contribution in [2.24, 2.45) is 5.92 Å². The molecule has 0 aromatic heterocycles. The van der Waals surface area contributed by atoms with Crippen LogP contribution in [0.4, 0.5) is 0 Å². The Morgan fingerprint density at radius 1 is 1.53 bits per heavy atom. The van der Waals surface area contributed by atoms with Crippen molar-refractivity contribution in [2.45, 2.75) is 39.2 Å². The molecule has 1 aliphatic rings. The highest BCUT2D eigenvalue weighted by atomic mass is 16.1. The fraction of sp³-hybridized carbons (Fsp3) is 0.923. The first-order chi connectivity index (χ1) is 8.17. The van der Waals surface area contributed by atoms with Gasteiger partial charge in [-0.3, -0.25) is 4.79 Å². The predicted octanol–water partition coefficient (Wildman–Crippen LogP) is 0.833. The van der Waals surface area contributed by atoms with Crippen LogP contribution < -0.4 is 10.6 Å². The van der Waals surface area contributed by atoms with E-state index in [1.165, 1.54) is 12.8 Å². The Bertz CT molecular complexity index is 233. The normalized spacial score (nSPS) is 23.4. The van der Waals surface area contributed by atoms with Gasteiger partial charge in [-0.05, 0) is 38.8 Å². The summed E-state index contributed by atoms with van der Waals surface area (Å²) in [6.45, 7) is 8.64. The van der Waals surface area contributed by atoms with Gasteiger partial charge in [0.2, 0.25) is 5.91 Å². The molecule has 0 radical (unpaired) electrons. The van der Waals surface area contributed by atoms with Crippen molar-refractivity contribution in [2.75, 3.05) is 33.2 Å². The summed E-state index contributed by atoms with van der Waals surface area (Å²) >= 11 is 0. The molecule has 4 nitrogen and oxygen atoms in total. The van der Waals surface area contributed by atoms with E-state index in [1.807, 2.05) is 0 Å². The zero-order chi connectivity index (χ0) is 12.7. The van der Waals surface area contributed by atoms with E-state index >= 15 is 0 Å². The highest BCUT2D eigenvalue weighted by molar-refractivity contribution is 5.75. The molecule has 4 heteroatoms. The van der Waals surface area contributed by atoms with E-state index in [9.17, 15) is 4.79 Å². The lowest BCUT2D eigenvalue weighted by Crippen LogP contribution is -2.45. The number of carbonyl (C=O) groups excluding carboxylic acids is 1. The third-order valence-electron chi connectivity index (χ3n) is 3.71. The van der Waals surface area contributed by atoms with Crippen molar-refractivity contribution < 1.29 is 4.79 Å². The highest BCUT2D eigenvalue weighted by Gasteiger charge is 2.24. The van der Waals surface area contributed by atoms with Crippen LogP contribution in [0.25, 0.3) is 0 Å². The lowest BCUT2D eigenvalue weighted by atomic mass is 9.91. The minimum Gasteiger partial charge on any atom is -0.359 e. The Kier molecular flexibility index (Phi) is 6.52. The summed E-state index contributed by atoms with van der Waals surface area (Å²) in [6, 6.07) is 0.586. The van der Waals surface area contributed by atoms with Crippen molar-refractivity contribution in [3.8, 4) is 0 Å². The summed E-state index contributed by atoms with van der Waals surface area (Å²) in [5, 5.41) is 6.19. The zero-order valence-electron chi connectivity index (χ0n) is 11.5. The van der Waals surface area contributed by atoms with Crippen LogP contribution in [-0.2, 0) is 4.79 Å². The molecule has 0 saturated carbocycles. The quantitative estimate of drug-likeness (QED) is 0.724. The highest BCUT2D eigenvalue weighted by Crippen LogP contribution is 2.19. The van der Waals surface area contributed by atoms with Gasteiger partial charge in [-0.25, -0.2) is 0 Å². The molecule has 1 saturated heterocycles. The molecule has 2 atom stereocenters. The van der Waals surface area contributed by atoms with Crippen molar-refractivity contribution in [1.29, 1.82) is 0 Å². The molecule has 1 rings (SSSR count). The molecule has 1 amide bonds. The minimum absolute atomic E-state index is 0.145. The summed E-state index contributed by atoms with van der Waals surface area (Å²) in [7, 11) is 1.70. The standard InChI is InChI=1S/C13H27N3O/c1-4-15-11(2)12-6-5-8-16(10-12)9-7-13(17)14-3/h11-12,15H,4-10H2,1-3H3,(H,14,17). The lowest BCUT2D eigenvalue weighted by molar-refractivity contribution is -0.121. The zero-order valence-corrected chi connectivity index (χ0v) is 11.5. The molecule has 2 unspecified atom stereocenters. The SMILES string of the molecule is CCNC(C)C1CCCN(CCC(=O)NC)C1. The number of piperidine rings is 1. The van der Waals surface area contributed by atoms with Crippen LogP contribution in [0.15, 0.2) is 0 Å². The van der Waals surface area contributed by atoms with E-state index in [4.69, 9.17) is 0 Å². The van der Waals surface area contributed by atoms with Gasteiger partial charge < -0.3 is 15.5 Å². The number of nitrogens with one attached hydrogen (secondary N) is 2. The number of rotatable bonds is 6. The number of hydrogen-bond donors (Lipinski definition) is 2. The first kappa shape index (κ1) is 14.5. The summed E-state index contributed by atoms with van der Waals surface area (Å²) in [5.74, 6) is 0.875. The summed E-state index contributed by atoms with van der Waals surface area (Å²) in [5.41, 5.74) is 0. The molecule has 1 fully saturated rings. The Balaban J connectivity index is 2.30. The Labute approximate surface area is 105 Å². The molecule has 2 N–H and O–H groups in total. The van der Waals surface area contributed by atoms with E-state index in [-0.39, 0.29) is 5.91 Å². The summed E-state index contributed by atoms with van der Waals surface area (Å²) in [6.07, 6.45) is 3.19. The monoisotopic (exact) mass is 241 g/mol. The second-order valence-electron chi connectivity index (χ2n) is 4.97. The van der Waals surface area contributed by atoms with E-state index in [0.29, 0.717) is 12.5 Å². The number of likely N-dealkylation sites (tertiary alicyclic amines) is 1. The van der Waals surface area contributed by atoms with Crippen LogP contribution in [0.1, 0.15) is 33.1 Å². The third kappa shape index (κ3) is 5.04. The van der Waals surface area contributed by atoms with Gasteiger partial charge in [0, 0.05) is 32.6 Å². The van der Waals surface area contributed by atoms with Gasteiger partial charge in [0.05, 0.1) is 0 Å². The Hall–Kier alpha value is -0.610. The van der Waals surface area contributed by atoms with E-state index in [2.05, 4.69) is 29.4 Å². The molecular formula is C13H27N3O. The first-order valence-corrected chi connectivity index (χ1v) is 6.83. The molecular weight excluding hydrogens is 214 g/mol. The predicted molar refractivity (Wildman–Crippen MR) is 71.0 cm³/mol. The molecule has 0 aromatic rings. The maximum absolute atomic E-state index is 11.2. The van der Waals surface area contributed by atoms with Crippen LogP contribution in [0.2, 0.25) is 0 Å². The smallest absolute Gasteiger partial charge is 0.221 e. The van der Waals surface area contributed by atoms with E-state index < -0.39 is 0 Å². The van der Waals surface area contributed by atoms with Gasteiger partial charge >= 0.3 is 0 Å².